The minimum absolute atomic E-state index is 0.168. The number of hydrogen-bond acceptors (Lipinski definition) is 5. The van der Waals surface area contributed by atoms with Gasteiger partial charge in [0.05, 0.1) is 6.10 Å². The molecule has 1 aliphatic carbocycles. The van der Waals surface area contributed by atoms with Crippen LogP contribution in [-0.2, 0) is 16.4 Å². The summed E-state index contributed by atoms with van der Waals surface area (Å²) in [5, 5.41) is 16.4. The summed E-state index contributed by atoms with van der Waals surface area (Å²) in [6, 6.07) is 3.93. The lowest BCUT2D eigenvalue weighted by Crippen LogP contribution is -2.45. The number of aliphatic hydroxyl groups excluding tert-OH is 1. The van der Waals surface area contributed by atoms with Crippen LogP contribution in [0.5, 0.6) is 0 Å². The number of hydrogen-bond donors (Lipinski definition) is 3. The zero-order chi connectivity index (χ0) is 20.6. The van der Waals surface area contributed by atoms with Gasteiger partial charge in [0.1, 0.15) is 4.21 Å². The van der Waals surface area contributed by atoms with Crippen LogP contribution in [0.15, 0.2) is 21.3 Å². The number of sulfonamides is 1. The van der Waals surface area contributed by atoms with Gasteiger partial charge in [-0.25, -0.2) is 8.42 Å². The zero-order valence-corrected chi connectivity index (χ0v) is 18.8. The van der Waals surface area contributed by atoms with Crippen LogP contribution in [0, 0.1) is 0 Å². The normalized spacial score (nSPS) is 21.1. The van der Waals surface area contributed by atoms with E-state index in [0.29, 0.717) is 36.3 Å². The molecule has 0 radical (unpaired) electrons. The van der Waals surface area contributed by atoms with Gasteiger partial charge in [-0.15, -0.1) is 11.3 Å². The fraction of sp³-hybridized carbons (Fsp3) is 0.737. The fourth-order valence-electron chi connectivity index (χ4n) is 3.33. The Morgan fingerprint density at radius 3 is 2.50 bits per heavy atom. The zero-order valence-electron chi connectivity index (χ0n) is 17.1. The SMILES string of the molecule is CCNC(=NCCc1ccc(S(=O)(=O)N(CC)CC)s1)NC1CCC(O)CC1. The van der Waals surface area contributed by atoms with E-state index in [1.54, 1.807) is 6.07 Å². The smallest absolute Gasteiger partial charge is 0.252 e. The molecular weight excluding hydrogens is 396 g/mol. The van der Waals surface area contributed by atoms with Crippen molar-refractivity contribution in [2.45, 2.75) is 69.2 Å². The van der Waals surface area contributed by atoms with Crippen molar-refractivity contribution in [1.82, 2.24) is 14.9 Å². The standard InChI is InChI=1S/C19H34N4O3S2/c1-4-20-19(22-15-7-9-16(24)10-8-15)21-14-13-17-11-12-18(27-17)28(25,26)23(5-2)6-3/h11-12,15-16,24H,4-10,13-14H2,1-3H3,(H2,20,21,22). The number of thiophene rings is 1. The first kappa shape index (κ1) is 23.1. The molecule has 0 aliphatic heterocycles. The maximum Gasteiger partial charge on any atom is 0.252 e. The molecule has 160 valence electrons. The highest BCUT2D eigenvalue weighted by Gasteiger charge is 2.23. The molecule has 0 amide bonds. The van der Waals surface area contributed by atoms with Crippen LogP contribution < -0.4 is 10.6 Å². The Kier molecular flexibility index (Phi) is 9.20. The summed E-state index contributed by atoms with van der Waals surface area (Å²) in [5.41, 5.74) is 0. The highest BCUT2D eigenvalue weighted by atomic mass is 32.2. The second-order valence-electron chi connectivity index (χ2n) is 6.97. The van der Waals surface area contributed by atoms with Crippen LogP contribution in [0.4, 0.5) is 0 Å². The molecule has 0 unspecified atom stereocenters. The molecule has 1 aromatic heterocycles. The highest BCUT2D eigenvalue weighted by molar-refractivity contribution is 7.91. The van der Waals surface area contributed by atoms with Crippen molar-refractivity contribution in [3.63, 3.8) is 0 Å². The summed E-state index contributed by atoms with van der Waals surface area (Å²) < 4.78 is 27.1. The number of nitrogens with zero attached hydrogens (tertiary/aromatic N) is 2. The Balaban J connectivity index is 1.93. The summed E-state index contributed by atoms with van der Waals surface area (Å²) in [7, 11) is -3.38. The van der Waals surface area contributed by atoms with Crippen LogP contribution in [0.2, 0.25) is 0 Å². The first-order valence-corrected chi connectivity index (χ1v) is 12.5. The van der Waals surface area contributed by atoms with Crippen molar-refractivity contribution >= 4 is 27.3 Å². The lowest BCUT2D eigenvalue weighted by Gasteiger charge is -2.27. The largest absolute Gasteiger partial charge is 0.393 e. The first-order valence-electron chi connectivity index (χ1n) is 10.2. The molecule has 1 aliphatic rings. The van der Waals surface area contributed by atoms with Gasteiger partial charge < -0.3 is 15.7 Å². The molecule has 7 nitrogen and oxygen atoms in total. The molecule has 1 fully saturated rings. The van der Waals surface area contributed by atoms with Gasteiger partial charge in [-0.05, 0) is 44.7 Å². The molecule has 1 aromatic rings. The van der Waals surface area contributed by atoms with Crippen LogP contribution in [-0.4, -0.2) is 62.1 Å². The maximum atomic E-state index is 12.6. The molecule has 28 heavy (non-hydrogen) atoms. The van der Waals surface area contributed by atoms with Gasteiger partial charge in [-0.3, -0.25) is 4.99 Å². The van der Waals surface area contributed by atoms with E-state index in [2.05, 4.69) is 15.6 Å². The number of aliphatic hydroxyl groups is 1. The molecule has 0 spiro atoms. The third kappa shape index (κ3) is 6.43. The molecule has 9 heteroatoms. The van der Waals surface area contributed by atoms with Crippen molar-refractivity contribution < 1.29 is 13.5 Å². The van der Waals surface area contributed by atoms with Gasteiger partial charge in [0.2, 0.25) is 0 Å². The lowest BCUT2D eigenvalue weighted by atomic mass is 9.93. The highest BCUT2D eigenvalue weighted by Crippen LogP contribution is 2.25. The van der Waals surface area contributed by atoms with Crippen molar-refractivity contribution in [3.05, 3.63) is 17.0 Å². The van der Waals surface area contributed by atoms with E-state index in [1.165, 1.54) is 15.6 Å². The number of nitrogens with one attached hydrogen (secondary N) is 2. The molecule has 2 rings (SSSR count). The van der Waals surface area contributed by atoms with Crippen molar-refractivity contribution in [2.75, 3.05) is 26.2 Å². The minimum Gasteiger partial charge on any atom is -0.393 e. The monoisotopic (exact) mass is 430 g/mol. The molecule has 0 atom stereocenters. The Labute approximate surface area is 173 Å². The Morgan fingerprint density at radius 1 is 1.21 bits per heavy atom. The van der Waals surface area contributed by atoms with Gasteiger partial charge in [0, 0.05) is 43.5 Å². The average molecular weight is 431 g/mol. The Hall–Kier alpha value is -1.16. The number of rotatable bonds is 9. The van der Waals surface area contributed by atoms with E-state index in [4.69, 9.17) is 0 Å². The van der Waals surface area contributed by atoms with E-state index < -0.39 is 10.0 Å². The molecule has 3 N–H and O–H groups in total. The third-order valence-corrected chi connectivity index (χ3v) is 8.61. The number of guanidine groups is 1. The van der Waals surface area contributed by atoms with Gasteiger partial charge in [0.25, 0.3) is 10.0 Å². The van der Waals surface area contributed by atoms with Crippen LogP contribution in [0.1, 0.15) is 51.3 Å². The molecule has 0 saturated heterocycles. The molecule has 0 aromatic carbocycles. The predicted molar refractivity (Wildman–Crippen MR) is 116 cm³/mol. The van der Waals surface area contributed by atoms with Crippen LogP contribution in [0.25, 0.3) is 0 Å². The Bertz CT molecular complexity index is 721. The third-order valence-electron chi connectivity index (χ3n) is 4.95. The number of aliphatic imine (C=N–C) groups is 1. The predicted octanol–water partition coefficient (Wildman–Crippen LogP) is 2.18. The molecular formula is C19H34N4O3S2. The summed E-state index contributed by atoms with van der Waals surface area (Å²) in [6.45, 7) is 8.07. The molecule has 1 heterocycles. The van der Waals surface area contributed by atoms with Crippen molar-refractivity contribution in [1.29, 1.82) is 0 Å². The second kappa shape index (κ2) is 11.1. The van der Waals surface area contributed by atoms with Crippen molar-refractivity contribution in [2.24, 2.45) is 4.99 Å². The summed E-state index contributed by atoms with van der Waals surface area (Å²) in [5.74, 6) is 0.788. The van der Waals surface area contributed by atoms with Crippen molar-refractivity contribution in [3.8, 4) is 0 Å². The van der Waals surface area contributed by atoms with E-state index in [1.807, 2.05) is 26.8 Å². The van der Waals surface area contributed by atoms with E-state index in [9.17, 15) is 13.5 Å². The van der Waals surface area contributed by atoms with E-state index in [-0.39, 0.29) is 6.10 Å². The first-order chi connectivity index (χ1) is 13.4. The van der Waals surface area contributed by atoms with Gasteiger partial charge in [-0.2, -0.15) is 4.31 Å². The molecule has 1 saturated carbocycles. The second-order valence-corrected chi connectivity index (χ2v) is 10.3. The van der Waals surface area contributed by atoms with Crippen LogP contribution in [0.3, 0.4) is 0 Å². The van der Waals surface area contributed by atoms with Gasteiger partial charge in [-0.1, -0.05) is 13.8 Å². The minimum atomic E-state index is -3.38. The van der Waals surface area contributed by atoms with Gasteiger partial charge >= 0.3 is 0 Å². The summed E-state index contributed by atoms with van der Waals surface area (Å²) in [6.07, 6.45) is 4.09. The van der Waals surface area contributed by atoms with E-state index in [0.717, 1.165) is 43.1 Å². The average Bonchev–Trinajstić information content (AvgIpc) is 3.14. The van der Waals surface area contributed by atoms with Crippen LogP contribution >= 0.6 is 11.3 Å². The topological polar surface area (TPSA) is 94.0 Å². The van der Waals surface area contributed by atoms with Gasteiger partial charge in [0.15, 0.2) is 5.96 Å². The van der Waals surface area contributed by atoms with E-state index >= 15 is 0 Å². The fourth-order valence-corrected chi connectivity index (χ4v) is 6.29. The quantitative estimate of drug-likeness (QED) is 0.412. The Morgan fingerprint density at radius 2 is 1.89 bits per heavy atom. The molecule has 0 bridgehead atoms. The summed E-state index contributed by atoms with van der Waals surface area (Å²) >= 11 is 1.33. The maximum absolute atomic E-state index is 12.6. The lowest BCUT2D eigenvalue weighted by molar-refractivity contribution is 0.120. The summed E-state index contributed by atoms with van der Waals surface area (Å²) in [4.78, 5) is 5.66.